The van der Waals surface area contributed by atoms with Crippen LogP contribution in [0.15, 0.2) is 15.9 Å². The molecule has 1 aliphatic heterocycles. The molecule has 2 atom stereocenters. The number of halogens is 1. The van der Waals surface area contributed by atoms with Crippen molar-refractivity contribution in [1.82, 2.24) is 5.32 Å². The van der Waals surface area contributed by atoms with Crippen molar-refractivity contribution in [3.63, 3.8) is 0 Å². The van der Waals surface area contributed by atoms with E-state index in [0.29, 0.717) is 5.75 Å². The largest absolute Gasteiger partial charge is 0.306 e. The highest BCUT2D eigenvalue weighted by molar-refractivity contribution is 9.10. The highest BCUT2D eigenvalue weighted by atomic mass is 79.9. The zero-order valence-electron chi connectivity index (χ0n) is 8.94. The lowest BCUT2D eigenvalue weighted by Crippen LogP contribution is -2.32. The third-order valence-electron chi connectivity index (χ3n) is 2.73. The van der Waals surface area contributed by atoms with Gasteiger partial charge in [0.2, 0.25) is 0 Å². The van der Waals surface area contributed by atoms with Gasteiger partial charge in [-0.1, -0.05) is 0 Å². The Morgan fingerprint density at radius 2 is 2.38 bits per heavy atom. The van der Waals surface area contributed by atoms with Crippen molar-refractivity contribution in [3.8, 4) is 0 Å². The highest BCUT2D eigenvalue weighted by Gasteiger charge is 2.28. The van der Waals surface area contributed by atoms with Gasteiger partial charge in [0, 0.05) is 26.8 Å². The molecule has 1 aromatic heterocycles. The van der Waals surface area contributed by atoms with Gasteiger partial charge in [0.05, 0.1) is 11.5 Å². The first-order valence-electron chi connectivity index (χ1n) is 5.17. The molecule has 1 aromatic rings. The molecule has 6 heteroatoms. The molecule has 0 amide bonds. The normalized spacial score (nSPS) is 25.8. The summed E-state index contributed by atoms with van der Waals surface area (Å²) in [4.78, 5) is 1.23. The smallest absolute Gasteiger partial charge is 0.151 e. The molecule has 0 spiro atoms. The lowest BCUT2D eigenvalue weighted by molar-refractivity contribution is 0.489. The Morgan fingerprint density at radius 3 is 2.88 bits per heavy atom. The lowest BCUT2D eigenvalue weighted by atomic mass is 10.2. The summed E-state index contributed by atoms with van der Waals surface area (Å²) in [5.41, 5.74) is 0. The Balaban J connectivity index is 1.96. The van der Waals surface area contributed by atoms with Crippen molar-refractivity contribution >= 4 is 37.1 Å². The predicted molar refractivity (Wildman–Crippen MR) is 70.6 cm³/mol. The molecule has 1 aliphatic rings. The van der Waals surface area contributed by atoms with Crippen LogP contribution in [0.25, 0.3) is 0 Å². The van der Waals surface area contributed by atoms with Crippen LogP contribution >= 0.6 is 27.3 Å². The summed E-state index contributed by atoms with van der Waals surface area (Å²) in [6.07, 6.45) is 0.735. The second-order valence-corrected chi connectivity index (χ2v) is 8.24. The third-order valence-corrected chi connectivity index (χ3v) is 6.38. The number of sulfone groups is 1. The molecule has 2 unspecified atom stereocenters. The summed E-state index contributed by atoms with van der Waals surface area (Å²) in [6.45, 7) is 2.07. The Kier molecular flexibility index (Phi) is 3.73. The van der Waals surface area contributed by atoms with Crippen LogP contribution in [0.5, 0.6) is 0 Å². The molecule has 0 bridgehead atoms. The third kappa shape index (κ3) is 3.06. The summed E-state index contributed by atoms with van der Waals surface area (Å²) in [5.74, 6) is 0.607. The second-order valence-electron chi connectivity index (χ2n) is 4.16. The van der Waals surface area contributed by atoms with E-state index in [1.54, 1.807) is 11.3 Å². The molecule has 2 heterocycles. The maximum absolute atomic E-state index is 11.3. The maximum Gasteiger partial charge on any atom is 0.151 e. The van der Waals surface area contributed by atoms with Crippen molar-refractivity contribution in [2.24, 2.45) is 0 Å². The number of hydrogen-bond acceptors (Lipinski definition) is 4. The first kappa shape index (κ1) is 12.5. The van der Waals surface area contributed by atoms with Crippen LogP contribution in [-0.4, -0.2) is 26.0 Å². The fourth-order valence-electron chi connectivity index (χ4n) is 1.92. The minimum Gasteiger partial charge on any atom is -0.306 e. The molecular weight excluding hydrogens is 310 g/mol. The fraction of sp³-hybridized carbons (Fsp3) is 0.600. The Labute approximate surface area is 108 Å². The molecule has 0 saturated carbocycles. The van der Waals surface area contributed by atoms with Crippen LogP contribution in [0.2, 0.25) is 0 Å². The summed E-state index contributed by atoms with van der Waals surface area (Å²) < 4.78 is 23.7. The molecule has 90 valence electrons. The van der Waals surface area contributed by atoms with Gasteiger partial charge in [-0.25, -0.2) is 8.42 Å². The molecular formula is C10H14BrNO2S2. The predicted octanol–water partition coefficient (Wildman–Crippen LogP) is 2.35. The van der Waals surface area contributed by atoms with Crippen molar-refractivity contribution < 1.29 is 8.42 Å². The molecule has 0 radical (unpaired) electrons. The molecule has 1 fully saturated rings. The Bertz CT molecular complexity index is 469. The van der Waals surface area contributed by atoms with Gasteiger partial charge in [-0.3, -0.25) is 0 Å². The minimum absolute atomic E-state index is 0.112. The van der Waals surface area contributed by atoms with Crippen LogP contribution < -0.4 is 5.32 Å². The van der Waals surface area contributed by atoms with E-state index in [1.165, 1.54) is 4.88 Å². The van der Waals surface area contributed by atoms with Crippen molar-refractivity contribution in [1.29, 1.82) is 0 Å². The quantitative estimate of drug-likeness (QED) is 0.928. The number of nitrogens with one attached hydrogen (secondary N) is 1. The van der Waals surface area contributed by atoms with Gasteiger partial charge in [0.15, 0.2) is 9.84 Å². The molecule has 2 rings (SSSR count). The molecule has 0 aliphatic carbocycles. The standard InChI is InChI=1S/C10H14BrNO2S2/c1-7(10-4-8(11)5-15-10)12-9-2-3-16(13,14)6-9/h4-5,7,9,12H,2-3,6H2,1H3. The second kappa shape index (κ2) is 4.76. The van der Waals surface area contributed by atoms with Crippen LogP contribution in [0.3, 0.4) is 0 Å². The van der Waals surface area contributed by atoms with Crippen LogP contribution in [0.1, 0.15) is 24.3 Å². The molecule has 1 saturated heterocycles. The van der Waals surface area contributed by atoms with Gasteiger partial charge in [-0.15, -0.1) is 11.3 Å². The first-order chi connectivity index (χ1) is 7.46. The molecule has 16 heavy (non-hydrogen) atoms. The van der Waals surface area contributed by atoms with E-state index >= 15 is 0 Å². The van der Waals surface area contributed by atoms with Crippen LogP contribution in [0.4, 0.5) is 0 Å². The minimum atomic E-state index is -2.79. The zero-order chi connectivity index (χ0) is 11.8. The van der Waals surface area contributed by atoms with Crippen molar-refractivity contribution in [3.05, 3.63) is 20.8 Å². The van der Waals surface area contributed by atoms with E-state index in [0.717, 1.165) is 10.9 Å². The maximum atomic E-state index is 11.3. The van der Waals surface area contributed by atoms with Crippen LogP contribution in [0, 0.1) is 0 Å². The van der Waals surface area contributed by atoms with E-state index in [9.17, 15) is 8.42 Å². The van der Waals surface area contributed by atoms with E-state index in [2.05, 4.69) is 34.2 Å². The Morgan fingerprint density at radius 1 is 1.62 bits per heavy atom. The van der Waals surface area contributed by atoms with E-state index in [4.69, 9.17) is 0 Å². The zero-order valence-corrected chi connectivity index (χ0v) is 12.2. The summed E-state index contributed by atoms with van der Waals surface area (Å²) in [7, 11) is -2.79. The van der Waals surface area contributed by atoms with Gasteiger partial charge in [-0.2, -0.15) is 0 Å². The first-order valence-corrected chi connectivity index (χ1v) is 8.66. The lowest BCUT2D eigenvalue weighted by Gasteiger charge is -2.16. The number of thiophene rings is 1. The number of rotatable bonds is 3. The van der Waals surface area contributed by atoms with Crippen LogP contribution in [-0.2, 0) is 9.84 Å². The summed E-state index contributed by atoms with van der Waals surface area (Å²) >= 11 is 5.10. The topological polar surface area (TPSA) is 46.2 Å². The molecule has 3 nitrogen and oxygen atoms in total. The Hall–Kier alpha value is 0.0900. The molecule has 0 aromatic carbocycles. The summed E-state index contributed by atoms with van der Waals surface area (Å²) in [5, 5.41) is 5.42. The van der Waals surface area contributed by atoms with Crippen molar-refractivity contribution in [2.75, 3.05) is 11.5 Å². The number of hydrogen-bond donors (Lipinski definition) is 1. The molecule has 1 N–H and O–H groups in total. The fourth-order valence-corrected chi connectivity index (χ4v) is 5.07. The average Bonchev–Trinajstić information content (AvgIpc) is 2.73. The van der Waals surface area contributed by atoms with Gasteiger partial charge < -0.3 is 5.32 Å². The van der Waals surface area contributed by atoms with Gasteiger partial charge in [-0.05, 0) is 35.3 Å². The van der Waals surface area contributed by atoms with E-state index < -0.39 is 9.84 Å². The van der Waals surface area contributed by atoms with Crippen molar-refractivity contribution in [2.45, 2.75) is 25.4 Å². The summed E-state index contributed by atoms with van der Waals surface area (Å²) in [6, 6.07) is 2.40. The highest BCUT2D eigenvalue weighted by Crippen LogP contribution is 2.26. The van der Waals surface area contributed by atoms with E-state index in [1.807, 2.05) is 5.38 Å². The van der Waals surface area contributed by atoms with Gasteiger partial charge in [0.25, 0.3) is 0 Å². The average molecular weight is 324 g/mol. The van der Waals surface area contributed by atoms with E-state index in [-0.39, 0.29) is 17.8 Å². The SMILES string of the molecule is CC(NC1CCS(=O)(=O)C1)c1cc(Br)cs1. The van der Waals surface area contributed by atoms with Gasteiger partial charge in [0.1, 0.15) is 0 Å². The monoisotopic (exact) mass is 323 g/mol. The van der Waals surface area contributed by atoms with Gasteiger partial charge >= 0.3 is 0 Å².